The van der Waals surface area contributed by atoms with Crippen molar-refractivity contribution in [2.75, 3.05) is 26.2 Å². The molecule has 0 spiro atoms. The second-order valence-corrected chi connectivity index (χ2v) is 5.72. The summed E-state index contributed by atoms with van der Waals surface area (Å²) in [6, 6.07) is -1.00. The summed E-state index contributed by atoms with van der Waals surface area (Å²) in [7, 11) is 0. The van der Waals surface area contributed by atoms with E-state index in [4.69, 9.17) is 0 Å². The number of likely N-dealkylation sites (tertiary alicyclic amines) is 1. The summed E-state index contributed by atoms with van der Waals surface area (Å²) < 4.78 is 0. The molecule has 21 heavy (non-hydrogen) atoms. The number of carbonyl (C=O) groups is 3. The zero-order valence-corrected chi connectivity index (χ0v) is 12.4. The first kappa shape index (κ1) is 15.6. The van der Waals surface area contributed by atoms with E-state index < -0.39 is 12.0 Å². The molecule has 0 aliphatic carbocycles. The molecular weight excluding hydrogens is 274 g/mol. The summed E-state index contributed by atoms with van der Waals surface area (Å²) in [6.45, 7) is 3.74. The van der Waals surface area contributed by atoms with Gasteiger partial charge in [0, 0.05) is 32.6 Å². The lowest BCUT2D eigenvalue weighted by molar-refractivity contribution is -0.144. The number of aliphatic carboxylic acids is 1. The van der Waals surface area contributed by atoms with E-state index in [2.05, 4.69) is 5.32 Å². The Hall–Kier alpha value is -1.79. The molecule has 0 aromatic carbocycles. The number of carboxylic acid groups (broad SMARTS) is 1. The van der Waals surface area contributed by atoms with Crippen molar-refractivity contribution >= 4 is 17.9 Å². The Bertz CT molecular complexity index is 426. The molecule has 2 rings (SSSR count). The van der Waals surface area contributed by atoms with Crippen LogP contribution >= 0.6 is 0 Å². The van der Waals surface area contributed by atoms with Gasteiger partial charge in [0.15, 0.2) is 0 Å². The number of carboxylic acids is 1. The highest BCUT2D eigenvalue weighted by molar-refractivity contribution is 5.84. The van der Waals surface area contributed by atoms with Crippen molar-refractivity contribution in [3.8, 4) is 0 Å². The second-order valence-electron chi connectivity index (χ2n) is 5.72. The lowest BCUT2D eigenvalue weighted by Gasteiger charge is -2.39. The molecule has 0 aromatic rings. The molecule has 0 radical (unpaired) electrons. The molecule has 7 heteroatoms. The van der Waals surface area contributed by atoms with Gasteiger partial charge in [-0.05, 0) is 18.8 Å². The van der Waals surface area contributed by atoms with Gasteiger partial charge in [-0.1, -0.05) is 13.3 Å². The Labute approximate surface area is 124 Å². The Morgan fingerprint density at radius 2 is 2.10 bits per heavy atom. The van der Waals surface area contributed by atoms with Gasteiger partial charge in [-0.25, -0.2) is 9.59 Å². The summed E-state index contributed by atoms with van der Waals surface area (Å²) in [6.07, 6.45) is 2.57. The Morgan fingerprint density at radius 1 is 1.33 bits per heavy atom. The van der Waals surface area contributed by atoms with Crippen molar-refractivity contribution < 1.29 is 19.5 Å². The van der Waals surface area contributed by atoms with Crippen LogP contribution in [-0.2, 0) is 9.59 Å². The molecule has 2 atom stereocenters. The molecule has 3 amide bonds. The maximum Gasteiger partial charge on any atom is 0.326 e. The molecule has 118 valence electrons. The summed E-state index contributed by atoms with van der Waals surface area (Å²) >= 11 is 0. The summed E-state index contributed by atoms with van der Waals surface area (Å²) in [5.74, 6) is -0.641. The highest BCUT2D eigenvalue weighted by atomic mass is 16.4. The number of hydrogen-bond donors (Lipinski definition) is 2. The first-order valence-corrected chi connectivity index (χ1v) is 7.58. The van der Waals surface area contributed by atoms with E-state index in [0.29, 0.717) is 38.5 Å². The van der Waals surface area contributed by atoms with Crippen LogP contribution in [-0.4, -0.2) is 65.0 Å². The number of hydrogen-bond acceptors (Lipinski definition) is 3. The fraction of sp³-hybridized carbons (Fsp3) is 0.786. The normalized spacial score (nSPS) is 27.0. The van der Waals surface area contributed by atoms with Crippen LogP contribution in [0.4, 0.5) is 4.79 Å². The van der Waals surface area contributed by atoms with E-state index >= 15 is 0 Å². The van der Waals surface area contributed by atoms with Gasteiger partial charge in [-0.2, -0.15) is 0 Å². The molecular formula is C14H23N3O4. The fourth-order valence-corrected chi connectivity index (χ4v) is 3.01. The van der Waals surface area contributed by atoms with Gasteiger partial charge >= 0.3 is 12.0 Å². The van der Waals surface area contributed by atoms with E-state index in [1.54, 1.807) is 4.90 Å². The van der Waals surface area contributed by atoms with E-state index in [0.717, 1.165) is 12.8 Å². The Balaban J connectivity index is 2.05. The Morgan fingerprint density at radius 3 is 2.76 bits per heavy atom. The average molecular weight is 297 g/mol. The van der Waals surface area contributed by atoms with Crippen LogP contribution in [0, 0.1) is 5.92 Å². The van der Waals surface area contributed by atoms with E-state index in [-0.39, 0.29) is 18.4 Å². The number of carbonyl (C=O) groups excluding carboxylic acids is 2. The van der Waals surface area contributed by atoms with Gasteiger partial charge in [0.25, 0.3) is 0 Å². The van der Waals surface area contributed by atoms with Gasteiger partial charge in [-0.3, -0.25) is 4.79 Å². The summed E-state index contributed by atoms with van der Waals surface area (Å²) in [5.41, 5.74) is 0. The third-order valence-electron chi connectivity index (χ3n) is 4.40. The van der Waals surface area contributed by atoms with Crippen molar-refractivity contribution in [1.29, 1.82) is 0 Å². The smallest absolute Gasteiger partial charge is 0.326 e. The molecule has 0 saturated carbocycles. The van der Waals surface area contributed by atoms with Crippen molar-refractivity contribution in [2.45, 2.75) is 38.6 Å². The number of amides is 3. The standard InChI is InChI=1S/C14H23N3O4/c1-2-10-3-7-17(11(9-10)13(19)20)14(21)16-6-4-12(18)15-5-8-16/h10-11H,2-9H2,1H3,(H,15,18)(H,19,20). The molecule has 2 fully saturated rings. The topological polar surface area (TPSA) is 90.0 Å². The summed E-state index contributed by atoms with van der Waals surface area (Å²) in [4.78, 5) is 38.4. The first-order valence-electron chi connectivity index (χ1n) is 7.58. The lowest BCUT2D eigenvalue weighted by atomic mass is 9.89. The quantitative estimate of drug-likeness (QED) is 0.777. The van der Waals surface area contributed by atoms with Crippen LogP contribution in [0.3, 0.4) is 0 Å². The molecule has 2 unspecified atom stereocenters. The van der Waals surface area contributed by atoms with Crippen LogP contribution in [0.1, 0.15) is 32.6 Å². The van der Waals surface area contributed by atoms with Crippen LogP contribution in [0.15, 0.2) is 0 Å². The second kappa shape index (κ2) is 6.78. The van der Waals surface area contributed by atoms with Gasteiger partial charge in [0.1, 0.15) is 6.04 Å². The molecule has 2 N–H and O–H groups in total. The number of urea groups is 1. The van der Waals surface area contributed by atoms with Crippen molar-refractivity contribution in [1.82, 2.24) is 15.1 Å². The molecule has 2 heterocycles. The van der Waals surface area contributed by atoms with Crippen LogP contribution < -0.4 is 5.32 Å². The predicted octanol–water partition coefficient (Wildman–Crippen LogP) is 0.504. The number of piperidine rings is 1. The third-order valence-corrected chi connectivity index (χ3v) is 4.40. The molecule has 0 aromatic heterocycles. The Kier molecular flexibility index (Phi) is 5.03. The van der Waals surface area contributed by atoms with E-state index in [1.807, 2.05) is 6.92 Å². The zero-order chi connectivity index (χ0) is 15.4. The zero-order valence-electron chi connectivity index (χ0n) is 12.4. The van der Waals surface area contributed by atoms with Crippen molar-refractivity contribution in [2.24, 2.45) is 5.92 Å². The minimum absolute atomic E-state index is 0.0650. The highest BCUT2D eigenvalue weighted by Gasteiger charge is 2.37. The van der Waals surface area contributed by atoms with E-state index in [9.17, 15) is 19.5 Å². The minimum Gasteiger partial charge on any atom is -0.480 e. The van der Waals surface area contributed by atoms with Crippen LogP contribution in [0.25, 0.3) is 0 Å². The number of nitrogens with zero attached hydrogens (tertiary/aromatic N) is 2. The molecule has 2 aliphatic rings. The number of rotatable bonds is 2. The monoisotopic (exact) mass is 297 g/mol. The highest BCUT2D eigenvalue weighted by Crippen LogP contribution is 2.26. The maximum atomic E-state index is 12.6. The molecule has 2 saturated heterocycles. The molecule has 0 bridgehead atoms. The summed E-state index contributed by atoms with van der Waals surface area (Å²) in [5, 5.41) is 12.1. The third kappa shape index (κ3) is 3.65. The maximum absolute atomic E-state index is 12.6. The van der Waals surface area contributed by atoms with Gasteiger partial charge in [-0.15, -0.1) is 0 Å². The van der Waals surface area contributed by atoms with Crippen LogP contribution in [0.5, 0.6) is 0 Å². The number of nitrogens with one attached hydrogen (secondary N) is 1. The van der Waals surface area contributed by atoms with Crippen molar-refractivity contribution in [3.63, 3.8) is 0 Å². The van der Waals surface area contributed by atoms with Gasteiger partial charge in [0.05, 0.1) is 0 Å². The predicted molar refractivity (Wildman–Crippen MR) is 75.7 cm³/mol. The molecule has 7 nitrogen and oxygen atoms in total. The SMILES string of the molecule is CCC1CCN(C(=O)N2CCNC(=O)CC2)C(C(=O)O)C1. The first-order chi connectivity index (χ1) is 10.0. The molecule has 2 aliphatic heterocycles. The largest absolute Gasteiger partial charge is 0.480 e. The van der Waals surface area contributed by atoms with Gasteiger partial charge < -0.3 is 20.2 Å². The minimum atomic E-state index is -0.939. The van der Waals surface area contributed by atoms with Crippen molar-refractivity contribution in [3.05, 3.63) is 0 Å². The average Bonchev–Trinajstić information content (AvgIpc) is 2.70. The lowest BCUT2D eigenvalue weighted by Crippen LogP contribution is -2.55. The van der Waals surface area contributed by atoms with Crippen LogP contribution in [0.2, 0.25) is 0 Å². The fourth-order valence-electron chi connectivity index (χ4n) is 3.01. The van der Waals surface area contributed by atoms with Gasteiger partial charge in [0.2, 0.25) is 5.91 Å². The van der Waals surface area contributed by atoms with E-state index in [1.165, 1.54) is 4.90 Å².